The van der Waals surface area contributed by atoms with Crippen molar-refractivity contribution in [3.63, 3.8) is 0 Å². The number of primary amides is 1. The highest BCUT2D eigenvalue weighted by Crippen LogP contribution is 2.11. The first-order chi connectivity index (χ1) is 5.61. The fourth-order valence-corrected chi connectivity index (χ4v) is 1.15. The van der Waals surface area contributed by atoms with E-state index in [4.69, 9.17) is 5.73 Å². The van der Waals surface area contributed by atoms with Gasteiger partial charge in [-0.3, -0.25) is 14.4 Å². The van der Waals surface area contributed by atoms with Crippen LogP contribution in [0.1, 0.15) is 12.8 Å². The molecule has 3 N–H and O–H groups in total. The SMILES string of the molecule is NC(=O)CCC1C(=O)CNC1=O. The molecule has 1 aliphatic rings. The number of carbonyl (C=O) groups excluding carboxylic acids is 3. The molecule has 1 rings (SSSR count). The maximum atomic E-state index is 11.0. The molecule has 0 saturated carbocycles. The third-order valence-corrected chi connectivity index (χ3v) is 1.82. The summed E-state index contributed by atoms with van der Waals surface area (Å²) >= 11 is 0. The summed E-state index contributed by atoms with van der Waals surface area (Å²) in [7, 11) is 0. The van der Waals surface area contributed by atoms with Crippen LogP contribution in [-0.4, -0.2) is 24.1 Å². The number of carbonyl (C=O) groups is 3. The zero-order valence-corrected chi connectivity index (χ0v) is 6.50. The van der Waals surface area contributed by atoms with Gasteiger partial charge in [0.1, 0.15) is 0 Å². The Balaban J connectivity index is 2.45. The molecule has 1 heterocycles. The van der Waals surface area contributed by atoms with Gasteiger partial charge in [-0.1, -0.05) is 0 Å². The van der Waals surface area contributed by atoms with Gasteiger partial charge in [-0.15, -0.1) is 0 Å². The highest BCUT2D eigenvalue weighted by atomic mass is 16.2. The number of nitrogens with one attached hydrogen (secondary N) is 1. The average molecular weight is 170 g/mol. The number of amides is 2. The zero-order valence-electron chi connectivity index (χ0n) is 6.50. The fraction of sp³-hybridized carbons (Fsp3) is 0.571. The van der Waals surface area contributed by atoms with Crippen LogP contribution in [0.15, 0.2) is 0 Å². The molecule has 1 aliphatic heterocycles. The van der Waals surface area contributed by atoms with E-state index < -0.39 is 11.8 Å². The van der Waals surface area contributed by atoms with Crippen molar-refractivity contribution in [3.05, 3.63) is 0 Å². The van der Waals surface area contributed by atoms with E-state index in [0.29, 0.717) is 0 Å². The van der Waals surface area contributed by atoms with Gasteiger partial charge in [0, 0.05) is 6.42 Å². The molecule has 0 aliphatic carbocycles. The summed E-state index contributed by atoms with van der Waals surface area (Å²) in [5.74, 6) is -1.58. The Hall–Kier alpha value is -1.39. The normalized spacial score (nSPS) is 22.5. The van der Waals surface area contributed by atoms with Gasteiger partial charge in [0.25, 0.3) is 0 Å². The second-order valence-electron chi connectivity index (χ2n) is 2.74. The van der Waals surface area contributed by atoms with Gasteiger partial charge in [-0.05, 0) is 6.42 Å². The first-order valence-corrected chi connectivity index (χ1v) is 3.70. The van der Waals surface area contributed by atoms with Gasteiger partial charge in [0.2, 0.25) is 11.8 Å². The molecule has 0 aromatic rings. The Morgan fingerprint density at radius 1 is 1.58 bits per heavy atom. The summed E-state index contributed by atoms with van der Waals surface area (Å²) in [6.45, 7) is 0.0856. The number of hydrogen-bond acceptors (Lipinski definition) is 3. The van der Waals surface area contributed by atoms with Crippen LogP contribution in [0.2, 0.25) is 0 Å². The monoisotopic (exact) mass is 170 g/mol. The maximum absolute atomic E-state index is 11.0. The van der Waals surface area contributed by atoms with Gasteiger partial charge >= 0.3 is 0 Å². The van der Waals surface area contributed by atoms with Crippen molar-refractivity contribution < 1.29 is 14.4 Å². The van der Waals surface area contributed by atoms with Crippen molar-refractivity contribution in [1.82, 2.24) is 5.32 Å². The molecule has 12 heavy (non-hydrogen) atoms. The quantitative estimate of drug-likeness (QED) is 0.509. The largest absolute Gasteiger partial charge is 0.370 e. The van der Waals surface area contributed by atoms with Crippen LogP contribution in [0, 0.1) is 5.92 Å². The van der Waals surface area contributed by atoms with Gasteiger partial charge in [0.15, 0.2) is 5.78 Å². The smallest absolute Gasteiger partial charge is 0.231 e. The molecular formula is C7H10N2O3. The molecule has 0 aromatic carbocycles. The van der Waals surface area contributed by atoms with Crippen LogP contribution < -0.4 is 11.1 Å². The van der Waals surface area contributed by atoms with Crippen LogP contribution in [0.3, 0.4) is 0 Å². The van der Waals surface area contributed by atoms with E-state index in [2.05, 4.69) is 5.32 Å². The van der Waals surface area contributed by atoms with Crippen LogP contribution in [0.25, 0.3) is 0 Å². The fourth-order valence-electron chi connectivity index (χ4n) is 1.15. The number of hydrogen-bond donors (Lipinski definition) is 2. The molecule has 5 nitrogen and oxygen atoms in total. The molecule has 5 heteroatoms. The highest BCUT2D eigenvalue weighted by molar-refractivity contribution is 6.08. The molecule has 0 radical (unpaired) electrons. The molecule has 0 aromatic heterocycles. The minimum Gasteiger partial charge on any atom is -0.370 e. The Bertz CT molecular complexity index is 221. The second kappa shape index (κ2) is 3.34. The Kier molecular flexibility index (Phi) is 2.42. The Morgan fingerprint density at radius 2 is 2.25 bits per heavy atom. The third kappa shape index (κ3) is 1.81. The predicted octanol–water partition coefficient (Wildman–Crippen LogP) is -1.43. The van der Waals surface area contributed by atoms with E-state index >= 15 is 0 Å². The lowest BCUT2D eigenvalue weighted by Crippen LogP contribution is -2.22. The topological polar surface area (TPSA) is 89.3 Å². The van der Waals surface area contributed by atoms with E-state index in [1.54, 1.807) is 0 Å². The summed E-state index contributed by atoms with van der Waals surface area (Å²) in [6, 6.07) is 0. The van der Waals surface area contributed by atoms with Crippen LogP contribution in [0.5, 0.6) is 0 Å². The summed E-state index contributed by atoms with van der Waals surface area (Å²) in [5.41, 5.74) is 4.88. The molecule has 1 atom stereocenters. The van der Waals surface area contributed by atoms with Crippen molar-refractivity contribution in [1.29, 1.82) is 0 Å². The molecule has 1 unspecified atom stereocenters. The van der Waals surface area contributed by atoms with Crippen molar-refractivity contribution >= 4 is 17.6 Å². The standard InChI is InChI=1S/C7H10N2O3/c8-6(11)2-1-4-5(10)3-9-7(4)12/h4H,1-3H2,(H2,8,11)(H,9,12). The summed E-state index contributed by atoms with van der Waals surface area (Å²) in [4.78, 5) is 32.2. The summed E-state index contributed by atoms with van der Waals surface area (Å²) < 4.78 is 0. The van der Waals surface area contributed by atoms with E-state index in [9.17, 15) is 14.4 Å². The number of ketones is 1. The van der Waals surface area contributed by atoms with Crippen molar-refractivity contribution in [3.8, 4) is 0 Å². The van der Waals surface area contributed by atoms with Gasteiger partial charge in [-0.25, -0.2) is 0 Å². The minimum atomic E-state index is -0.655. The number of Topliss-reactive ketones (excluding diaryl/α,β-unsaturated/α-hetero) is 1. The maximum Gasteiger partial charge on any atom is 0.231 e. The Labute approximate surface area is 69.3 Å². The molecule has 0 spiro atoms. The zero-order chi connectivity index (χ0) is 9.14. The molecule has 66 valence electrons. The molecule has 2 amide bonds. The number of rotatable bonds is 3. The van der Waals surface area contributed by atoms with E-state index in [1.807, 2.05) is 0 Å². The summed E-state index contributed by atoms with van der Waals surface area (Å²) in [6.07, 6.45) is 0.323. The van der Waals surface area contributed by atoms with E-state index in [-0.39, 0.29) is 31.1 Å². The first kappa shape index (κ1) is 8.70. The van der Waals surface area contributed by atoms with E-state index in [0.717, 1.165) is 0 Å². The second-order valence-corrected chi connectivity index (χ2v) is 2.74. The van der Waals surface area contributed by atoms with Crippen LogP contribution in [0.4, 0.5) is 0 Å². The van der Waals surface area contributed by atoms with Gasteiger partial charge in [0.05, 0.1) is 12.5 Å². The molecule has 1 fully saturated rings. The van der Waals surface area contributed by atoms with Crippen molar-refractivity contribution in [2.24, 2.45) is 11.7 Å². The van der Waals surface area contributed by atoms with Crippen LogP contribution in [-0.2, 0) is 14.4 Å². The highest BCUT2D eigenvalue weighted by Gasteiger charge is 2.32. The summed E-state index contributed by atoms with van der Waals surface area (Å²) in [5, 5.41) is 2.40. The molecular weight excluding hydrogens is 160 g/mol. The van der Waals surface area contributed by atoms with Crippen LogP contribution >= 0.6 is 0 Å². The molecule has 0 bridgehead atoms. The Morgan fingerprint density at radius 3 is 2.67 bits per heavy atom. The predicted molar refractivity (Wildman–Crippen MR) is 39.9 cm³/mol. The molecule has 1 saturated heterocycles. The van der Waals surface area contributed by atoms with Gasteiger partial charge < -0.3 is 11.1 Å². The lowest BCUT2D eigenvalue weighted by molar-refractivity contribution is -0.128. The van der Waals surface area contributed by atoms with Gasteiger partial charge in [-0.2, -0.15) is 0 Å². The van der Waals surface area contributed by atoms with Crippen molar-refractivity contribution in [2.45, 2.75) is 12.8 Å². The number of nitrogens with two attached hydrogens (primary N) is 1. The average Bonchev–Trinajstić information content (AvgIpc) is 2.28. The van der Waals surface area contributed by atoms with E-state index in [1.165, 1.54) is 0 Å². The third-order valence-electron chi connectivity index (χ3n) is 1.82. The lowest BCUT2D eigenvalue weighted by atomic mass is 10.0. The lowest BCUT2D eigenvalue weighted by Gasteiger charge is -2.01. The van der Waals surface area contributed by atoms with Crippen molar-refractivity contribution in [2.75, 3.05) is 6.54 Å². The first-order valence-electron chi connectivity index (χ1n) is 3.70. The minimum absolute atomic E-state index is 0.0856.